The summed E-state index contributed by atoms with van der Waals surface area (Å²) in [5.41, 5.74) is -2.17. The van der Waals surface area contributed by atoms with Gasteiger partial charge in [-0.3, -0.25) is 4.90 Å². The van der Waals surface area contributed by atoms with E-state index in [1.54, 1.807) is 0 Å². The zero-order chi connectivity index (χ0) is 13.4. The van der Waals surface area contributed by atoms with E-state index in [9.17, 15) is 17.6 Å². The van der Waals surface area contributed by atoms with Crippen molar-refractivity contribution in [2.75, 3.05) is 24.6 Å². The molecule has 0 saturated carbocycles. The number of halogens is 1. The molecule has 104 valence electrons. The number of aliphatic carboxylic acids is 1. The van der Waals surface area contributed by atoms with E-state index in [0.29, 0.717) is 25.8 Å². The molecule has 18 heavy (non-hydrogen) atoms. The maximum atomic E-state index is 14.1. The fraction of sp³-hybridized carbons (Fsp3) is 0.909. The highest BCUT2D eigenvalue weighted by Gasteiger charge is 2.44. The lowest BCUT2D eigenvalue weighted by atomic mass is 9.93. The summed E-state index contributed by atoms with van der Waals surface area (Å²) in [5.74, 6) is -1.16. The van der Waals surface area contributed by atoms with E-state index in [1.165, 1.54) is 0 Å². The van der Waals surface area contributed by atoms with Gasteiger partial charge >= 0.3 is 5.97 Å². The summed E-state index contributed by atoms with van der Waals surface area (Å²) >= 11 is 0. The van der Waals surface area contributed by atoms with E-state index in [1.807, 2.05) is 4.90 Å². The minimum absolute atomic E-state index is 0.00306. The SMILES string of the molecule is O=C(O)C1(F)CCCN(C2CCS(=O)(=O)CC2)C1. The molecule has 0 amide bonds. The molecule has 0 aromatic carbocycles. The van der Waals surface area contributed by atoms with Crippen molar-refractivity contribution in [2.24, 2.45) is 0 Å². The van der Waals surface area contributed by atoms with Gasteiger partial charge in [-0.15, -0.1) is 0 Å². The van der Waals surface area contributed by atoms with Gasteiger partial charge in [0.05, 0.1) is 11.5 Å². The van der Waals surface area contributed by atoms with Gasteiger partial charge in [0, 0.05) is 12.6 Å². The second kappa shape index (κ2) is 4.77. The molecule has 0 radical (unpaired) electrons. The van der Waals surface area contributed by atoms with Crippen LogP contribution in [0.3, 0.4) is 0 Å². The average molecular weight is 279 g/mol. The second-order valence-electron chi connectivity index (χ2n) is 5.23. The number of rotatable bonds is 2. The third-order valence-corrected chi connectivity index (χ3v) is 5.61. The summed E-state index contributed by atoms with van der Waals surface area (Å²) < 4.78 is 36.7. The molecule has 1 N–H and O–H groups in total. The molecule has 0 aliphatic carbocycles. The van der Waals surface area contributed by atoms with Gasteiger partial charge in [0.25, 0.3) is 0 Å². The lowest BCUT2D eigenvalue weighted by molar-refractivity contribution is -0.155. The lowest BCUT2D eigenvalue weighted by Gasteiger charge is -2.40. The minimum atomic E-state index is -2.94. The topological polar surface area (TPSA) is 74.7 Å². The van der Waals surface area contributed by atoms with Crippen molar-refractivity contribution in [3.8, 4) is 0 Å². The summed E-state index contributed by atoms with van der Waals surface area (Å²) in [7, 11) is -2.94. The van der Waals surface area contributed by atoms with Gasteiger partial charge in [-0.2, -0.15) is 0 Å². The molecule has 0 spiro atoms. The lowest BCUT2D eigenvalue weighted by Crippen LogP contribution is -2.54. The van der Waals surface area contributed by atoms with Gasteiger partial charge in [0.2, 0.25) is 5.67 Å². The van der Waals surface area contributed by atoms with Gasteiger partial charge in [0.1, 0.15) is 9.84 Å². The van der Waals surface area contributed by atoms with E-state index in [4.69, 9.17) is 5.11 Å². The summed E-state index contributed by atoms with van der Waals surface area (Å²) in [4.78, 5) is 12.7. The average Bonchev–Trinajstić information content (AvgIpc) is 2.28. The molecule has 2 heterocycles. The molecule has 2 aliphatic heterocycles. The third kappa shape index (κ3) is 2.83. The molecule has 0 aromatic heterocycles. The standard InChI is InChI=1S/C11H18FNO4S/c12-11(10(14)15)4-1-5-13(8-11)9-2-6-18(16,17)7-3-9/h9H,1-8H2,(H,14,15). The number of carboxylic acid groups (broad SMARTS) is 1. The van der Waals surface area contributed by atoms with Crippen LogP contribution < -0.4 is 0 Å². The van der Waals surface area contributed by atoms with Gasteiger partial charge in [-0.1, -0.05) is 0 Å². The zero-order valence-electron chi connectivity index (χ0n) is 10.1. The Balaban J connectivity index is 2.00. The van der Waals surface area contributed by atoms with Crippen molar-refractivity contribution in [3.05, 3.63) is 0 Å². The van der Waals surface area contributed by atoms with Crippen LogP contribution in [0.4, 0.5) is 4.39 Å². The number of hydrogen-bond acceptors (Lipinski definition) is 4. The van der Waals surface area contributed by atoms with Crippen LogP contribution in [-0.4, -0.2) is 60.7 Å². The van der Waals surface area contributed by atoms with Gasteiger partial charge in [-0.05, 0) is 32.2 Å². The molecule has 2 fully saturated rings. The van der Waals surface area contributed by atoms with E-state index in [-0.39, 0.29) is 30.5 Å². The van der Waals surface area contributed by atoms with Crippen molar-refractivity contribution in [3.63, 3.8) is 0 Å². The molecular formula is C11H18FNO4S. The molecule has 1 atom stereocenters. The van der Waals surface area contributed by atoms with E-state index in [2.05, 4.69) is 0 Å². The number of hydrogen-bond donors (Lipinski definition) is 1. The first-order valence-electron chi connectivity index (χ1n) is 6.19. The van der Waals surface area contributed by atoms with E-state index >= 15 is 0 Å². The maximum absolute atomic E-state index is 14.1. The first-order valence-corrected chi connectivity index (χ1v) is 8.01. The highest BCUT2D eigenvalue weighted by molar-refractivity contribution is 7.91. The monoisotopic (exact) mass is 279 g/mol. The smallest absolute Gasteiger partial charge is 0.342 e. The number of carbonyl (C=O) groups is 1. The predicted molar refractivity (Wildman–Crippen MR) is 64.0 cm³/mol. The molecule has 5 nitrogen and oxygen atoms in total. The highest BCUT2D eigenvalue weighted by atomic mass is 32.2. The van der Waals surface area contributed by atoms with Crippen LogP contribution in [0.15, 0.2) is 0 Å². The Kier molecular flexibility index (Phi) is 3.64. The first-order chi connectivity index (χ1) is 8.32. The fourth-order valence-corrected chi connectivity index (χ4v) is 4.24. The van der Waals surface area contributed by atoms with Gasteiger partial charge in [0.15, 0.2) is 0 Å². The largest absolute Gasteiger partial charge is 0.479 e. The molecule has 7 heteroatoms. The Bertz CT molecular complexity index is 424. The summed E-state index contributed by atoms with van der Waals surface area (Å²) in [6.07, 6.45) is 1.52. The van der Waals surface area contributed by atoms with Crippen molar-refractivity contribution in [2.45, 2.75) is 37.4 Å². The number of piperidine rings is 1. The van der Waals surface area contributed by atoms with Crippen LogP contribution in [0.25, 0.3) is 0 Å². The van der Waals surface area contributed by atoms with Crippen molar-refractivity contribution < 1.29 is 22.7 Å². The number of sulfone groups is 1. The van der Waals surface area contributed by atoms with Crippen molar-refractivity contribution >= 4 is 15.8 Å². The first kappa shape index (κ1) is 13.7. The molecule has 1 unspecified atom stereocenters. The quantitative estimate of drug-likeness (QED) is 0.794. The second-order valence-corrected chi connectivity index (χ2v) is 7.53. The Morgan fingerprint density at radius 2 is 1.94 bits per heavy atom. The number of alkyl halides is 1. The summed E-state index contributed by atoms with van der Waals surface area (Å²) in [5, 5.41) is 8.90. The van der Waals surface area contributed by atoms with Crippen molar-refractivity contribution in [1.82, 2.24) is 4.90 Å². The maximum Gasteiger partial charge on any atom is 0.342 e. The Morgan fingerprint density at radius 1 is 1.33 bits per heavy atom. The van der Waals surface area contributed by atoms with E-state index < -0.39 is 21.5 Å². The van der Waals surface area contributed by atoms with Gasteiger partial charge < -0.3 is 5.11 Å². The van der Waals surface area contributed by atoms with Crippen LogP contribution in [0, 0.1) is 0 Å². The molecule has 2 saturated heterocycles. The fourth-order valence-electron chi connectivity index (χ4n) is 2.77. The Morgan fingerprint density at radius 3 is 2.50 bits per heavy atom. The number of nitrogens with zero attached hydrogens (tertiary/aromatic N) is 1. The summed E-state index contributed by atoms with van der Waals surface area (Å²) in [6, 6.07) is 0.00306. The predicted octanol–water partition coefficient (Wildman–Crippen LogP) is 0.452. The Hall–Kier alpha value is -0.690. The Labute approximate surface area is 106 Å². The molecular weight excluding hydrogens is 261 g/mol. The number of carboxylic acids is 1. The van der Waals surface area contributed by atoms with Crippen LogP contribution in [-0.2, 0) is 14.6 Å². The minimum Gasteiger partial charge on any atom is -0.479 e. The molecule has 2 rings (SSSR count). The molecule has 2 aliphatic rings. The van der Waals surface area contributed by atoms with Crippen LogP contribution in [0.1, 0.15) is 25.7 Å². The highest BCUT2D eigenvalue weighted by Crippen LogP contribution is 2.29. The van der Waals surface area contributed by atoms with Crippen LogP contribution in [0.5, 0.6) is 0 Å². The number of likely N-dealkylation sites (tertiary alicyclic amines) is 1. The van der Waals surface area contributed by atoms with E-state index in [0.717, 1.165) is 0 Å². The molecule has 0 bridgehead atoms. The van der Waals surface area contributed by atoms with Crippen LogP contribution in [0.2, 0.25) is 0 Å². The summed E-state index contributed by atoms with van der Waals surface area (Å²) in [6.45, 7) is 0.538. The third-order valence-electron chi connectivity index (χ3n) is 3.90. The van der Waals surface area contributed by atoms with Crippen LogP contribution >= 0.6 is 0 Å². The molecule has 0 aromatic rings. The van der Waals surface area contributed by atoms with Gasteiger partial charge in [-0.25, -0.2) is 17.6 Å². The zero-order valence-corrected chi connectivity index (χ0v) is 11.0. The van der Waals surface area contributed by atoms with Crippen molar-refractivity contribution in [1.29, 1.82) is 0 Å². The normalized spacial score (nSPS) is 34.3.